The number of carbonyl (C=O) groups excluding carboxylic acids is 5. The third-order valence-corrected chi connectivity index (χ3v) is 5.01. The van der Waals surface area contributed by atoms with Crippen molar-refractivity contribution in [3.8, 4) is 0 Å². The number of carbonyl (C=O) groups is 5. The molecule has 33 heavy (non-hydrogen) atoms. The van der Waals surface area contributed by atoms with Crippen molar-refractivity contribution in [2.75, 3.05) is 25.1 Å². The van der Waals surface area contributed by atoms with Crippen molar-refractivity contribution in [2.24, 2.45) is 11.7 Å². The zero-order valence-electron chi connectivity index (χ0n) is 17.8. The molecule has 11 heteroatoms. The van der Waals surface area contributed by atoms with Crippen LogP contribution in [0.25, 0.3) is 0 Å². The number of rotatable bonds is 10. The molecular weight excluding hydrogens is 450 g/mol. The van der Waals surface area contributed by atoms with Gasteiger partial charge < -0.3 is 20.5 Å². The molecule has 0 aromatic heterocycles. The molecule has 1 aromatic carbocycles. The minimum atomic E-state index is -0.989. The standard InChI is InChI=1S/C22H25N3O7S/c1-3-7-31-21(29)14-5-6-15(19(23)27)16(11-14)24-20(28)17-9-13(10-18(26)33)12-25(17)22(30)32-8-4-2/h3-6,11,13,17H,1-2,7-10,12H2,(H2,23,27)(H,24,28)(H,26,33)/t13-,17-/m0/s1. The highest BCUT2D eigenvalue weighted by atomic mass is 32.1. The Morgan fingerprint density at radius 2 is 1.82 bits per heavy atom. The van der Waals surface area contributed by atoms with Crippen molar-refractivity contribution >= 4 is 47.3 Å². The Morgan fingerprint density at radius 1 is 1.15 bits per heavy atom. The van der Waals surface area contributed by atoms with Crippen molar-refractivity contribution in [1.82, 2.24) is 4.90 Å². The fraction of sp³-hybridized carbons (Fsp3) is 0.318. The van der Waals surface area contributed by atoms with Crippen LogP contribution < -0.4 is 11.1 Å². The molecule has 2 rings (SSSR count). The van der Waals surface area contributed by atoms with Crippen LogP contribution in [0.1, 0.15) is 33.6 Å². The molecule has 176 valence electrons. The number of benzene rings is 1. The highest BCUT2D eigenvalue weighted by Gasteiger charge is 2.41. The topological polar surface area (TPSA) is 145 Å². The molecular formula is C22H25N3O7S. The first-order valence-corrected chi connectivity index (χ1v) is 10.4. The number of thiol groups is 1. The number of nitrogens with one attached hydrogen (secondary N) is 1. The SMILES string of the molecule is C=CCOC(=O)c1ccc(C(N)=O)c(NC(=O)[C@@H]2C[C@@H](CC(=O)S)CN2C(=O)OCC=C)c1. The third kappa shape index (κ3) is 6.94. The van der Waals surface area contributed by atoms with Crippen molar-refractivity contribution < 1.29 is 33.4 Å². The van der Waals surface area contributed by atoms with Gasteiger partial charge >= 0.3 is 12.1 Å². The Morgan fingerprint density at radius 3 is 2.42 bits per heavy atom. The lowest BCUT2D eigenvalue weighted by atomic mass is 10.0. The lowest BCUT2D eigenvalue weighted by Crippen LogP contribution is -2.43. The maximum atomic E-state index is 13.1. The molecule has 0 unspecified atom stereocenters. The summed E-state index contributed by atoms with van der Waals surface area (Å²) < 4.78 is 10.0. The minimum absolute atomic E-state index is 0.0197. The maximum absolute atomic E-state index is 13.1. The Hall–Kier alpha value is -3.60. The first-order chi connectivity index (χ1) is 15.7. The summed E-state index contributed by atoms with van der Waals surface area (Å²) in [7, 11) is 0. The molecule has 1 heterocycles. The molecule has 1 aromatic rings. The lowest BCUT2D eigenvalue weighted by molar-refractivity contribution is -0.120. The van der Waals surface area contributed by atoms with E-state index in [0.717, 1.165) is 0 Å². The lowest BCUT2D eigenvalue weighted by Gasteiger charge is -2.23. The van der Waals surface area contributed by atoms with E-state index >= 15 is 0 Å². The first-order valence-electron chi connectivity index (χ1n) is 9.96. The van der Waals surface area contributed by atoms with Gasteiger partial charge in [0.25, 0.3) is 5.91 Å². The Labute approximate surface area is 196 Å². The van der Waals surface area contributed by atoms with Crippen LogP contribution in [0.2, 0.25) is 0 Å². The number of hydrogen-bond acceptors (Lipinski definition) is 7. The van der Waals surface area contributed by atoms with E-state index in [1.165, 1.54) is 35.3 Å². The average Bonchev–Trinajstić information content (AvgIpc) is 3.18. The van der Waals surface area contributed by atoms with Crippen LogP contribution >= 0.6 is 12.6 Å². The number of nitrogens with two attached hydrogens (primary N) is 1. The molecule has 1 aliphatic heterocycles. The van der Waals surface area contributed by atoms with Gasteiger partial charge in [-0.3, -0.25) is 19.3 Å². The summed E-state index contributed by atoms with van der Waals surface area (Å²) in [5.41, 5.74) is 5.41. The van der Waals surface area contributed by atoms with E-state index in [1.54, 1.807) is 0 Å². The summed E-state index contributed by atoms with van der Waals surface area (Å²) in [6.07, 6.45) is 2.27. The van der Waals surface area contributed by atoms with Gasteiger partial charge in [0.2, 0.25) is 5.91 Å². The molecule has 0 bridgehead atoms. The van der Waals surface area contributed by atoms with Crippen molar-refractivity contribution in [3.63, 3.8) is 0 Å². The van der Waals surface area contributed by atoms with E-state index in [0.29, 0.717) is 0 Å². The van der Waals surface area contributed by atoms with Gasteiger partial charge in [0, 0.05) is 13.0 Å². The molecule has 1 fully saturated rings. The van der Waals surface area contributed by atoms with Crippen LogP contribution in [0, 0.1) is 5.92 Å². The molecule has 10 nitrogen and oxygen atoms in total. The number of nitrogens with zero attached hydrogens (tertiary/aromatic N) is 1. The second-order valence-electron chi connectivity index (χ2n) is 7.23. The van der Waals surface area contributed by atoms with E-state index in [1.807, 2.05) is 0 Å². The Bertz CT molecular complexity index is 979. The average molecular weight is 476 g/mol. The van der Waals surface area contributed by atoms with Gasteiger partial charge in [-0.2, -0.15) is 0 Å². The van der Waals surface area contributed by atoms with Crippen LogP contribution in [-0.4, -0.2) is 59.7 Å². The fourth-order valence-corrected chi connectivity index (χ4v) is 3.66. The van der Waals surface area contributed by atoms with Crippen LogP contribution in [0.15, 0.2) is 43.5 Å². The van der Waals surface area contributed by atoms with Crippen LogP contribution in [-0.2, 0) is 19.1 Å². The van der Waals surface area contributed by atoms with Gasteiger partial charge in [-0.1, -0.05) is 25.3 Å². The van der Waals surface area contributed by atoms with E-state index < -0.39 is 29.9 Å². The number of anilines is 1. The fourth-order valence-electron chi connectivity index (χ4n) is 3.40. The van der Waals surface area contributed by atoms with Gasteiger partial charge in [0.15, 0.2) is 5.12 Å². The highest BCUT2D eigenvalue weighted by Crippen LogP contribution is 2.29. The van der Waals surface area contributed by atoms with Crippen LogP contribution in [0.3, 0.4) is 0 Å². The monoisotopic (exact) mass is 475 g/mol. The predicted molar refractivity (Wildman–Crippen MR) is 123 cm³/mol. The third-order valence-electron chi connectivity index (χ3n) is 4.82. The largest absolute Gasteiger partial charge is 0.458 e. The number of primary amides is 1. The molecule has 2 atom stereocenters. The zero-order chi connectivity index (χ0) is 24.5. The summed E-state index contributed by atoms with van der Waals surface area (Å²) in [6, 6.07) is 2.89. The minimum Gasteiger partial charge on any atom is -0.458 e. The Kier molecular flexibility index (Phi) is 9.22. The first kappa shape index (κ1) is 25.7. The van der Waals surface area contributed by atoms with Gasteiger partial charge in [-0.05, 0) is 30.5 Å². The highest BCUT2D eigenvalue weighted by molar-refractivity contribution is 7.96. The maximum Gasteiger partial charge on any atom is 0.410 e. The zero-order valence-corrected chi connectivity index (χ0v) is 18.7. The molecule has 0 radical (unpaired) electrons. The predicted octanol–water partition coefficient (Wildman–Crippen LogP) is 1.93. The molecule has 0 spiro atoms. The van der Waals surface area contributed by atoms with Crippen molar-refractivity contribution in [2.45, 2.75) is 18.9 Å². The number of ether oxygens (including phenoxy) is 2. The second-order valence-corrected chi connectivity index (χ2v) is 7.73. The van der Waals surface area contributed by atoms with E-state index in [4.69, 9.17) is 15.2 Å². The Balaban J connectivity index is 2.30. The second kappa shape index (κ2) is 11.9. The number of likely N-dealkylation sites (tertiary alicyclic amines) is 1. The van der Waals surface area contributed by atoms with Crippen LogP contribution in [0.5, 0.6) is 0 Å². The summed E-state index contributed by atoms with van der Waals surface area (Å²) in [5.74, 6) is -2.47. The van der Waals surface area contributed by atoms with Gasteiger partial charge in [0.1, 0.15) is 19.3 Å². The molecule has 1 saturated heterocycles. The number of amides is 3. The van der Waals surface area contributed by atoms with Crippen molar-refractivity contribution in [3.05, 3.63) is 54.6 Å². The summed E-state index contributed by atoms with van der Waals surface area (Å²) in [4.78, 5) is 62.2. The molecule has 0 saturated carbocycles. The smallest absolute Gasteiger partial charge is 0.410 e. The number of esters is 1. The summed E-state index contributed by atoms with van der Waals surface area (Å²) in [6.45, 7) is 6.97. The van der Waals surface area contributed by atoms with Crippen LogP contribution in [0.4, 0.5) is 10.5 Å². The molecule has 3 N–H and O–H groups in total. The molecule has 0 aliphatic carbocycles. The van der Waals surface area contributed by atoms with Gasteiger partial charge in [-0.25, -0.2) is 9.59 Å². The number of hydrogen-bond donors (Lipinski definition) is 3. The van der Waals surface area contributed by atoms with E-state index in [2.05, 4.69) is 31.1 Å². The normalized spacial score (nSPS) is 17.1. The van der Waals surface area contributed by atoms with Crippen molar-refractivity contribution in [1.29, 1.82) is 0 Å². The quantitative estimate of drug-likeness (QED) is 0.266. The van der Waals surface area contributed by atoms with Gasteiger partial charge in [-0.15, -0.1) is 12.6 Å². The van der Waals surface area contributed by atoms with Gasteiger partial charge in [0.05, 0.1) is 16.8 Å². The van der Waals surface area contributed by atoms with E-state index in [9.17, 15) is 24.0 Å². The molecule has 1 aliphatic rings. The molecule has 3 amide bonds. The summed E-state index contributed by atoms with van der Waals surface area (Å²) in [5, 5.41) is 2.19. The summed E-state index contributed by atoms with van der Waals surface area (Å²) >= 11 is 3.77. The van der Waals surface area contributed by atoms with E-state index in [-0.39, 0.29) is 60.4 Å².